The molecular weight excluding hydrogens is 384 g/mol. The Morgan fingerprint density at radius 2 is 1.81 bits per heavy atom. The Bertz CT molecular complexity index is 994. The van der Waals surface area contributed by atoms with Crippen LogP contribution >= 0.6 is 0 Å². The molecule has 5 rings (SSSR count). The maximum absolute atomic E-state index is 4.40. The Labute approximate surface area is 184 Å². The zero-order chi connectivity index (χ0) is 21.3. The van der Waals surface area contributed by atoms with Crippen LogP contribution in [0.2, 0.25) is 0 Å². The zero-order valence-electron chi connectivity index (χ0n) is 18.6. The second kappa shape index (κ2) is 8.42. The molecule has 1 saturated heterocycles. The quantitative estimate of drug-likeness (QED) is 0.650. The number of rotatable bonds is 6. The van der Waals surface area contributed by atoms with Gasteiger partial charge < -0.3 is 5.32 Å². The van der Waals surface area contributed by atoms with E-state index in [2.05, 4.69) is 55.8 Å². The Balaban J connectivity index is 1.07. The maximum Gasteiger partial charge on any atom is 0.148 e. The van der Waals surface area contributed by atoms with Gasteiger partial charge >= 0.3 is 0 Å². The first-order valence-electron chi connectivity index (χ1n) is 11.4. The Morgan fingerprint density at radius 1 is 1.03 bits per heavy atom. The van der Waals surface area contributed by atoms with E-state index in [1.165, 1.54) is 44.3 Å². The predicted octanol–water partition coefficient (Wildman–Crippen LogP) is 4.29. The first-order valence-corrected chi connectivity index (χ1v) is 11.4. The van der Waals surface area contributed by atoms with Crippen molar-refractivity contribution in [2.45, 2.75) is 39.2 Å². The first kappa shape index (κ1) is 20.2. The summed E-state index contributed by atoms with van der Waals surface area (Å²) in [6.45, 7) is 6.55. The number of likely N-dealkylation sites (tertiary alicyclic amines) is 1. The van der Waals surface area contributed by atoms with Crippen molar-refractivity contribution in [3.8, 4) is 11.3 Å². The molecule has 0 bridgehead atoms. The van der Waals surface area contributed by atoms with E-state index in [4.69, 9.17) is 0 Å². The van der Waals surface area contributed by atoms with Gasteiger partial charge in [-0.15, -0.1) is 10.2 Å². The van der Waals surface area contributed by atoms with E-state index in [0.29, 0.717) is 5.41 Å². The summed E-state index contributed by atoms with van der Waals surface area (Å²) in [4.78, 5) is 2.62. The number of aryl methyl sites for hydroxylation is 2. The van der Waals surface area contributed by atoms with E-state index in [-0.39, 0.29) is 0 Å². The van der Waals surface area contributed by atoms with Crippen molar-refractivity contribution in [1.82, 2.24) is 24.9 Å². The molecule has 1 saturated carbocycles. The van der Waals surface area contributed by atoms with Crippen molar-refractivity contribution in [3.63, 3.8) is 0 Å². The lowest BCUT2D eigenvalue weighted by atomic mass is 9.57. The number of hydrogen-bond acceptors (Lipinski definition) is 5. The molecule has 3 heterocycles. The minimum absolute atomic E-state index is 0.590. The summed E-state index contributed by atoms with van der Waals surface area (Å²) in [7, 11) is 1.93. The summed E-state index contributed by atoms with van der Waals surface area (Å²) >= 11 is 0. The second-order valence-corrected chi connectivity index (χ2v) is 9.52. The van der Waals surface area contributed by atoms with Gasteiger partial charge in [-0.3, -0.25) is 9.58 Å². The molecule has 2 aliphatic rings. The van der Waals surface area contributed by atoms with Crippen LogP contribution in [0, 0.1) is 18.3 Å². The van der Waals surface area contributed by atoms with Crippen LogP contribution in [0.5, 0.6) is 0 Å². The molecule has 2 fully saturated rings. The predicted molar refractivity (Wildman–Crippen MR) is 124 cm³/mol. The summed E-state index contributed by atoms with van der Waals surface area (Å²) in [5, 5.41) is 16.7. The summed E-state index contributed by atoms with van der Waals surface area (Å²) in [6.07, 6.45) is 7.37. The average Bonchev–Trinajstić information content (AvgIpc) is 3.11. The molecule has 0 unspecified atom stereocenters. The molecule has 1 aliphatic heterocycles. The van der Waals surface area contributed by atoms with Crippen LogP contribution in [-0.4, -0.2) is 44.5 Å². The minimum Gasteiger partial charge on any atom is -0.368 e. The summed E-state index contributed by atoms with van der Waals surface area (Å²) < 4.78 is 1.82. The summed E-state index contributed by atoms with van der Waals surface area (Å²) in [5.74, 6) is 1.62. The molecule has 31 heavy (non-hydrogen) atoms. The molecule has 2 aromatic heterocycles. The molecule has 0 atom stereocenters. The number of hydrogen-bond donors (Lipinski definition) is 1. The lowest BCUT2D eigenvalue weighted by molar-refractivity contribution is -0.0100. The fourth-order valence-corrected chi connectivity index (χ4v) is 5.41. The number of aromatic nitrogens is 4. The molecule has 6 nitrogen and oxygen atoms in total. The third kappa shape index (κ3) is 4.49. The second-order valence-electron chi connectivity index (χ2n) is 9.52. The van der Waals surface area contributed by atoms with Gasteiger partial charge in [0, 0.05) is 31.9 Å². The van der Waals surface area contributed by atoms with E-state index in [1.807, 2.05) is 37.0 Å². The molecular formula is C25H32N6. The lowest BCUT2D eigenvalue weighted by Gasteiger charge is -2.52. The minimum atomic E-state index is 0.590. The SMILES string of the molecule is Cc1nn(C)cc1-c1ccc(NCC2CC3(CCN(Cc4ccccc4)CC3)C2)nn1. The zero-order valence-corrected chi connectivity index (χ0v) is 18.6. The first-order chi connectivity index (χ1) is 15.1. The van der Waals surface area contributed by atoms with Crippen molar-refractivity contribution in [2.24, 2.45) is 18.4 Å². The van der Waals surface area contributed by atoms with Crippen molar-refractivity contribution in [1.29, 1.82) is 0 Å². The number of benzene rings is 1. The van der Waals surface area contributed by atoms with E-state index in [1.54, 1.807) is 0 Å². The highest BCUT2D eigenvalue weighted by Crippen LogP contribution is 2.52. The van der Waals surface area contributed by atoms with Crippen LogP contribution in [0.1, 0.15) is 36.9 Å². The van der Waals surface area contributed by atoms with E-state index in [9.17, 15) is 0 Å². The number of piperidine rings is 1. The van der Waals surface area contributed by atoms with Gasteiger partial charge in [-0.1, -0.05) is 30.3 Å². The molecule has 0 radical (unpaired) electrons. The monoisotopic (exact) mass is 416 g/mol. The van der Waals surface area contributed by atoms with Crippen molar-refractivity contribution in [3.05, 3.63) is 59.9 Å². The fourth-order valence-electron chi connectivity index (χ4n) is 5.41. The van der Waals surface area contributed by atoms with Crippen LogP contribution in [-0.2, 0) is 13.6 Å². The normalized spacial score (nSPS) is 18.8. The highest BCUT2D eigenvalue weighted by atomic mass is 15.3. The van der Waals surface area contributed by atoms with E-state index < -0.39 is 0 Å². The molecule has 0 amide bonds. The standard InChI is InChI=1S/C25H32N6/c1-19-22(18-30(2)29-19)23-8-9-24(28-27-23)26-16-21-14-25(15-21)10-12-31(13-11-25)17-20-6-4-3-5-7-20/h3-9,18,21H,10-17H2,1-2H3,(H,26,28). The maximum atomic E-state index is 4.40. The third-order valence-corrected chi connectivity index (χ3v) is 7.13. The Morgan fingerprint density at radius 3 is 2.45 bits per heavy atom. The largest absolute Gasteiger partial charge is 0.368 e. The molecule has 162 valence electrons. The molecule has 6 heteroatoms. The van der Waals surface area contributed by atoms with Crippen LogP contribution in [0.3, 0.4) is 0 Å². The van der Waals surface area contributed by atoms with Gasteiger partial charge in [0.25, 0.3) is 0 Å². The van der Waals surface area contributed by atoms with Crippen LogP contribution in [0.15, 0.2) is 48.7 Å². The molecule has 1 spiro atoms. The summed E-state index contributed by atoms with van der Waals surface area (Å²) in [5.41, 5.74) is 4.92. The van der Waals surface area contributed by atoms with Gasteiger partial charge in [0.1, 0.15) is 5.82 Å². The van der Waals surface area contributed by atoms with Crippen LogP contribution in [0.4, 0.5) is 5.82 Å². The fraction of sp³-hybridized carbons (Fsp3) is 0.480. The highest BCUT2D eigenvalue weighted by Gasteiger charge is 2.45. The van der Waals surface area contributed by atoms with Gasteiger partial charge in [0.2, 0.25) is 0 Å². The highest BCUT2D eigenvalue weighted by molar-refractivity contribution is 5.61. The topological polar surface area (TPSA) is 58.9 Å². The van der Waals surface area contributed by atoms with Crippen LogP contribution < -0.4 is 5.32 Å². The van der Waals surface area contributed by atoms with Crippen molar-refractivity contribution < 1.29 is 0 Å². The Kier molecular flexibility index (Phi) is 5.48. The number of nitrogens with one attached hydrogen (secondary N) is 1. The number of anilines is 1. The average molecular weight is 417 g/mol. The third-order valence-electron chi connectivity index (χ3n) is 7.13. The van der Waals surface area contributed by atoms with E-state index in [0.717, 1.165) is 41.8 Å². The van der Waals surface area contributed by atoms with Gasteiger partial charge in [-0.25, -0.2) is 0 Å². The Hall–Kier alpha value is -2.73. The summed E-state index contributed by atoms with van der Waals surface area (Å²) in [6, 6.07) is 14.9. The molecule has 1 aliphatic carbocycles. The van der Waals surface area contributed by atoms with Crippen molar-refractivity contribution >= 4 is 5.82 Å². The van der Waals surface area contributed by atoms with Gasteiger partial charge in [-0.2, -0.15) is 5.10 Å². The van der Waals surface area contributed by atoms with Gasteiger partial charge in [-0.05, 0) is 74.7 Å². The molecule has 3 aromatic rings. The molecule has 1 aromatic carbocycles. The van der Waals surface area contributed by atoms with Gasteiger partial charge in [0.15, 0.2) is 0 Å². The van der Waals surface area contributed by atoms with Crippen molar-refractivity contribution in [2.75, 3.05) is 25.0 Å². The van der Waals surface area contributed by atoms with Gasteiger partial charge in [0.05, 0.1) is 11.4 Å². The molecule has 1 N–H and O–H groups in total. The lowest BCUT2D eigenvalue weighted by Crippen LogP contribution is -2.48. The van der Waals surface area contributed by atoms with Crippen LogP contribution in [0.25, 0.3) is 11.3 Å². The smallest absolute Gasteiger partial charge is 0.148 e. The number of nitrogens with zero attached hydrogens (tertiary/aromatic N) is 5. The van der Waals surface area contributed by atoms with E-state index >= 15 is 0 Å².